The molecule has 0 bridgehead atoms. The topological polar surface area (TPSA) is 84.9 Å². The molecule has 7 nitrogen and oxygen atoms in total. The van der Waals surface area contributed by atoms with Crippen LogP contribution < -0.4 is 10.1 Å². The quantitative estimate of drug-likeness (QED) is 0.829. The maximum absolute atomic E-state index is 12.1. The summed E-state index contributed by atoms with van der Waals surface area (Å²) in [5.74, 6) is -0.0601. The number of piperidine rings is 1. The summed E-state index contributed by atoms with van der Waals surface area (Å²) >= 11 is 0. The van der Waals surface area contributed by atoms with Crippen LogP contribution in [-0.4, -0.2) is 49.1 Å². The van der Waals surface area contributed by atoms with Crippen LogP contribution in [0.2, 0.25) is 0 Å². The van der Waals surface area contributed by atoms with Crippen LogP contribution >= 0.6 is 0 Å². The number of nitrogens with one attached hydrogen (secondary N) is 1. The number of carbonyl (C=O) groups excluding carboxylic acids is 3. The van der Waals surface area contributed by atoms with Crippen LogP contribution in [0.5, 0.6) is 5.75 Å². The van der Waals surface area contributed by atoms with E-state index in [9.17, 15) is 14.4 Å². The van der Waals surface area contributed by atoms with E-state index in [1.54, 1.807) is 29.2 Å². The standard InChI is InChI=1S/C17H22N2O5/c1-23-16(21)8-7-15(20)18-13-9-11-19(12-10-13)17(22)24-14-5-3-2-4-6-14/h2-6,13H,7-12H2,1H3,(H,18,20). The second-order valence-corrected chi connectivity index (χ2v) is 5.59. The molecule has 0 spiro atoms. The highest BCUT2D eigenvalue weighted by molar-refractivity contribution is 5.81. The van der Waals surface area contributed by atoms with E-state index in [0.717, 1.165) is 0 Å². The molecule has 0 atom stereocenters. The lowest BCUT2D eigenvalue weighted by Gasteiger charge is -2.31. The van der Waals surface area contributed by atoms with Crippen molar-refractivity contribution >= 4 is 18.0 Å². The molecule has 1 heterocycles. The molecule has 2 rings (SSSR count). The molecule has 1 aliphatic heterocycles. The maximum atomic E-state index is 12.1. The van der Waals surface area contributed by atoms with Gasteiger partial charge in [0.25, 0.3) is 0 Å². The molecule has 1 fully saturated rings. The van der Waals surface area contributed by atoms with Crippen LogP contribution in [0.15, 0.2) is 30.3 Å². The van der Waals surface area contributed by atoms with Crippen molar-refractivity contribution in [1.29, 1.82) is 0 Å². The molecule has 24 heavy (non-hydrogen) atoms. The molecule has 0 unspecified atom stereocenters. The summed E-state index contributed by atoms with van der Waals surface area (Å²) in [6.45, 7) is 1.04. The minimum Gasteiger partial charge on any atom is -0.469 e. The average Bonchev–Trinajstić information content (AvgIpc) is 2.61. The summed E-state index contributed by atoms with van der Waals surface area (Å²) in [6.07, 6.45) is 1.13. The van der Waals surface area contributed by atoms with Gasteiger partial charge in [-0.25, -0.2) is 4.79 Å². The van der Waals surface area contributed by atoms with Crippen molar-refractivity contribution in [3.63, 3.8) is 0 Å². The fraction of sp³-hybridized carbons (Fsp3) is 0.471. The molecule has 1 saturated heterocycles. The van der Waals surface area contributed by atoms with E-state index in [-0.39, 0.29) is 30.9 Å². The van der Waals surface area contributed by atoms with Gasteiger partial charge in [0.2, 0.25) is 5.91 Å². The number of carbonyl (C=O) groups is 3. The Morgan fingerprint density at radius 1 is 1.12 bits per heavy atom. The van der Waals surface area contributed by atoms with Gasteiger partial charge < -0.3 is 19.7 Å². The first-order chi connectivity index (χ1) is 11.6. The lowest BCUT2D eigenvalue weighted by Crippen LogP contribution is -2.47. The van der Waals surface area contributed by atoms with Crippen LogP contribution in [0.25, 0.3) is 0 Å². The molecule has 130 valence electrons. The van der Waals surface area contributed by atoms with E-state index in [2.05, 4.69) is 10.1 Å². The van der Waals surface area contributed by atoms with Gasteiger partial charge in [-0.15, -0.1) is 0 Å². The number of likely N-dealkylation sites (tertiary alicyclic amines) is 1. The van der Waals surface area contributed by atoms with Gasteiger partial charge in [0.15, 0.2) is 0 Å². The number of esters is 1. The minimum atomic E-state index is -0.399. The second kappa shape index (κ2) is 8.90. The van der Waals surface area contributed by atoms with Gasteiger partial charge >= 0.3 is 12.1 Å². The van der Waals surface area contributed by atoms with Crippen molar-refractivity contribution in [2.45, 2.75) is 31.7 Å². The predicted molar refractivity (Wildman–Crippen MR) is 86.5 cm³/mol. The van der Waals surface area contributed by atoms with Crippen LogP contribution in [0.3, 0.4) is 0 Å². The summed E-state index contributed by atoms with van der Waals surface area (Å²) in [7, 11) is 1.30. The Balaban J connectivity index is 1.70. The molecule has 1 aromatic carbocycles. The Labute approximate surface area is 140 Å². The Hall–Kier alpha value is -2.57. The molecule has 1 aromatic rings. The highest BCUT2D eigenvalue weighted by atomic mass is 16.6. The summed E-state index contributed by atoms with van der Waals surface area (Å²) in [5.41, 5.74) is 0. The van der Waals surface area contributed by atoms with Crippen molar-refractivity contribution in [2.24, 2.45) is 0 Å². The number of hydrogen-bond acceptors (Lipinski definition) is 5. The van der Waals surface area contributed by atoms with Crippen molar-refractivity contribution in [1.82, 2.24) is 10.2 Å². The summed E-state index contributed by atoms with van der Waals surface area (Å²) in [4.78, 5) is 36.5. The number of rotatable bonds is 5. The summed E-state index contributed by atoms with van der Waals surface area (Å²) < 4.78 is 9.80. The molecule has 2 amide bonds. The fourth-order valence-electron chi connectivity index (χ4n) is 2.48. The monoisotopic (exact) mass is 334 g/mol. The third-order valence-electron chi connectivity index (χ3n) is 3.85. The van der Waals surface area contributed by atoms with Crippen LogP contribution in [-0.2, 0) is 14.3 Å². The van der Waals surface area contributed by atoms with Gasteiger partial charge in [0.1, 0.15) is 5.75 Å². The third-order valence-corrected chi connectivity index (χ3v) is 3.85. The Bertz CT molecular complexity index is 568. The Morgan fingerprint density at radius 3 is 2.42 bits per heavy atom. The highest BCUT2D eigenvalue weighted by Crippen LogP contribution is 2.15. The lowest BCUT2D eigenvalue weighted by molar-refractivity contribution is -0.142. The van der Waals surface area contributed by atoms with E-state index in [1.807, 2.05) is 6.07 Å². The first kappa shape index (κ1) is 17.8. The molecular formula is C17H22N2O5. The zero-order valence-electron chi connectivity index (χ0n) is 13.7. The summed E-state index contributed by atoms with van der Waals surface area (Å²) in [6, 6.07) is 8.93. The van der Waals surface area contributed by atoms with E-state index < -0.39 is 5.97 Å². The molecule has 0 saturated carbocycles. The molecule has 7 heteroatoms. The molecule has 0 aromatic heterocycles. The number of para-hydroxylation sites is 1. The first-order valence-corrected chi connectivity index (χ1v) is 7.96. The van der Waals surface area contributed by atoms with Crippen molar-refractivity contribution in [3.8, 4) is 5.75 Å². The SMILES string of the molecule is COC(=O)CCC(=O)NC1CCN(C(=O)Oc2ccccc2)CC1. The van der Waals surface area contributed by atoms with Crippen LogP contribution in [0, 0.1) is 0 Å². The Morgan fingerprint density at radius 2 is 1.79 bits per heavy atom. The number of amides is 2. The number of ether oxygens (including phenoxy) is 2. The molecule has 0 radical (unpaired) electrons. The van der Waals surface area contributed by atoms with E-state index in [4.69, 9.17) is 4.74 Å². The van der Waals surface area contributed by atoms with Crippen LogP contribution in [0.1, 0.15) is 25.7 Å². The number of benzene rings is 1. The average molecular weight is 334 g/mol. The van der Waals surface area contributed by atoms with Gasteiger partial charge in [-0.1, -0.05) is 18.2 Å². The number of hydrogen-bond donors (Lipinski definition) is 1. The van der Waals surface area contributed by atoms with Crippen LogP contribution in [0.4, 0.5) is 4.79 Å². The van der Waals surface area contributed by atoms with Crippen molar-refractivity contribution in [3.05, 3.63) is 30.3 Å². The fourth-order valence-corrected chi connectivity index (χ4v) is 2.48. The van der Waals surface area contributed by atoms with E-state index >= 15 is 0 Å². The zero-order chi connectivity index (χ0) is 17.4. The largest absolute Gasteiger partial charge is 0.469 e. The molecule has 1 N–H and O–H groups in total. The number of nitrogens with zero attached hydrogens (tertiary/aromatic N) is 1. The van der Waals surface area contributed by atoms with Crippen molar-refractivity contribution in [2.75, 3.05) is 20.2 Å². The third kappa shape index (κ3) is 5.57. The van der Waals surface area contributed by atoms with Crippen molar-refractivity contribution < 1.29 is 23.9 Å². The smallest absolute Gasteiger partial charge is 0.415 e. The van der Waals surface area contributed by atoms with Gasteiger partial charge in [0.05, 0.1) is 13.5 Å². The molecular weight excluding hydrogens is 312 g/mol. The first-order valence-electron chi connectivity index (χ1n) is 7.96. The lowest BCUT2D eigenvalue weighted by atomic mass is 10.1. The minimum absolute atomic E-state index is 0.0101. The number of methoxy groups -OCH3 is 1. The maximum Gasteiger partial charge on any atom is 0.415 e. The Kier molecular flexibility index (Phi) is 6.60. The van der Waals surface area contributed by atoms with Gasteiger partial charge in [-0.2, -0.15) is 0 Å². The van der Waals surface area contributed by atoms with Gasteiger partial charge in [-0.3, -0.25) is 9.59 Å². The highest BCUT2D eigenvalue weighted by Gasteiger charge is 2.25. The second-order valence-electron chi connectivity index (χ2n) is 5.59. The van der Waals surface area contributed by atoms with Gasteiger partial charge in [0, 0.05) is 25.6 Å². The molecule has 0 aliphatic carbocycles. The van der Waals surface area contributed by atoms with E-state index in [1.165, 1.54) is 7.11 Å². The van der Waals surface area contributed by atoms with Gasteiger partial charge in [-0.05, 0) is 25.0 Å². The zero-order valence-corrected chi connectivity index (χ0v) is 13.7. The molecule has 1 aliphatic rings. The predicted octanol–water partition coefficient (Wildman–Crippen LogP) is 1.72. The van der Waals surface area contributed by atoms with E-state index in [0.29, 0.717) is 31.7 Å². The normalized spacial score (nSPS) is 14.8. The summed E-state index contributed by atoms with van der Waals surface area (Å²) in [5, 5.41) is 2.88.